The maximum Gasteiger partial charge on any atom is 0.274 e. The molecule has 1 unspecified atom stereocenters. The Kier molecular flexibility index (Phi) is 11.7. The fourth-order valence-corrected chi connectivity index (χ4v) is 7.17. The molecule has 11 nitrogen and oxygen atoms in total. The number of carbonyl (C=O) groups is 2. The van der Waals surface area contributed by atoms with E-state index in [0.29, 0.717) is 53.7 Å². The highest BCUT2D eigenvalue weighted by atomic mass is 32.2. The minimum absolute atomic E-state index is 0.150. The number of carbonyl (C=O) groups excluding carboxylic acids is 2. The van der Waals surface area contributed by atoms with Crippen molar-refractivity contribution in [1.82, 2.24) is 19.6 Å². The SMILES string of the molecule is CCCCN(CCCC)C(=O)c1cc(C)n(-c2ccc(NS(=O)c3cc([NH+]=O)ccc3C)cc2C(=O)N2Cc3ccccc3C[C@H]2CO)n1. The van der Waals surface area contributed by atoms with Crippen LogP contribution in [0, 0.1) is 18.8 Å². The van der Waals surface area contributed by atoms with Gasteiger partial charge in [-0.25, -0.2) is 8.89 Å². The zero-order valence-corrected chi connectivity index (χ0v) is 29.4. The molecule has 0 aliphatic carbocycles. The van der Waals surface area contributed by atoms with E-state index in [1.165, 1.54) is 6.07 Å². The summed E-state index contributed by atoms with van der Waals surface area (Å²) in [4.78, 5) is 43.5. The summed E-state index contributed by atoms with van der Waals surface area (Å²) in [6.45, 7) is 9.22. The van der Waals surface area contributed by atoms with E-state index in [2.05, 4.69) is 18.6 Å². The van der Waals surface area contributed by atoms with Gasteiger partial charge in [0.15, 0.2) is 16.7 Å². The van der Waals surface area contributed by atoms with Crippen LogP contribution in [0.4, 0.5) is 11.4 Å². The van der Waals surface area contributed by atoms with Gasteiger partial charge in [-0.15, -0.1) is 0 Å². The van der Waals surface area contributed by atoms with Crippen molar-refractivity contribution in [2.24, 2.45) is 0 Å². The van der Waals surface area contributed by atoms with Gasteiger partial charge in [0.05, 0.1) is 28.8 Å². The van der Waals surface area contributed by atoms with Gasteiger partial charge in [0.2, 0.25) is 0 Å². The molecule has 1 aliphatic rings. The number of nitrogens with zero attached hydrogens (tertiary/aromatic N) is 4. The summed E-state index contributed by atoms with van der Waals surface area (Å²) in [5.41, 5.74) is 5.21. The highest BCUT2D eigenvalue weighted by Crippen LogP contribution is 2.30. The van der Waals surface area contributed by atoms with E-state index in [9.17, 15) is 23.8 Å². The number of nitrogens with one attached hydrogen (secondary N) is 2. The van der Waals surface area contributed by atoms with Crippen molar-refractivity contribution in [2.75, 3.05) is 24.4 Å². The topological polar surface area (TPSA) is 139 Å². The van der Waals surface area contributed by atoms with E-state index in [-0.39, 0.29) is 29.7 Å². The summed E-state index contributed by atoms with van der Waals surface area (Å²) >= 11 is 0. The minimum Gasteiger partial charge on any atom is -0.394 e. The molecule has 0 fully saturated rings. The Morgan fingerprint density at radius 3 is 2.39 bits per heavy atom. The largest absolute Gasteiger partial charge is 0.394 e. The van der Waals surface area contributed by atoms with Crippen LogP contribution in [0.5, 0.6) is 0 Å². The lowest BCUT2D eigenvalue weighted by Gasteiger charge is -2.36. The van der Waals surface area contributed by atoms with E-state index >= 15 is 0 Å². The van der Waals surface area contributed by atoms with E-state index < -0.39 is 17.0 Å². The molecular weight excluding hydrogens is 641 g/mol. The molecule has 3 aromatic carbocycles. The lowest BCUT2D eigenvalue weighted by molar-refractivity contribution is -0.379. The molecule has 0 saturated carbocycles. The van der Waals surface area contributed by atoms with Crippen LogP contribution >= 0.6 is 0 Å². The first-order chi connectivity index (χ1) is 23.7. The lowest BCUT2D eigenvalue weighted by atomic mass is 9.93. The Morgan fingerprint density at radius 1 is 1.00 bits per heavy atom. The smallest absolute Gasteiger partial charge is 0.274 e. The number of hydrogen-bond donors (Lipinski definition) is 3. The predicted molar refractivity (Wildman–Crippen MR) is 190 cm³/mol. The molecule has 12 heteroatoms. The predicted octanol–water partition coefficient (Wildman–Crippen LogP) is 4.70. The fourth-order valence-electron chi connectivity index (χ4n) is 6.12. The molecule has 0 radical (unpaired) electrons. The molecule has 1 aliphatic heterocycles. The van der Waals surface area contributed by atoms with Crippen LogP contribution in [0.15, 0.2) is 71.6 Å². The highest BCUT2D eigenvalue weighted by molar-refractivity contribution is 7.86. The third kappa shape index (κ3) is 7.97. The minimum atomic E-state index is -1.76. The summed E-state index contributed by atoms with van der Waals surface area (Å²) in [5, 5.41) is 17.0. The van der Waals surface area contributed by atoms with Crippen LogP contribution in [0.2, 0.25) is 0 Å². The third-order valence-corrected chi connectivity index (χ3v) is 10.2. The normalized spacial score (nSPS) is 14.6. The van der Waals surface area contributed by atoms with Crippen LogP contribution < -0.4 is 9.90 Å². The quantitative estimate of drug-likeness (QED) is 0.176. The number of unbranched alkanes of at least 4 members (excludes halogenated alkanes) is 2. The standard InChI is InChI=1S/C37H44N6O5S/c1-5-7-17-41(18-8-6-2)37(46)33-19-26(4)43(38-33)34-16-15-30(40-49(48)35-22-29(39-47)14-13-25(35)3)21-32(34)36(45)42-23-28-12-10-9-11-27(28)20-31(42)24-44/h9-16,19,21-22,31,40,44H,5-8,17-18,20,23-24H2,1-4H3/p+1/t31-,49?/m0/s1. The van der Waals surface area contributed by atoms with Crippen molar-refractivity contribution in [3.63, 3.8) is 0 Å². The number of aliphatic hydroxyl groups excluding tert-OH is 1. The van der Waals surface area contributed by atoms with Crippen molar-refractivity contribution in [3.05, 3.63) is 105 Å². The Labute approximate surface area is 289 Å². The molecular formula is C37H45N6O5S+. The van der Waals surface area contributed by atoms with E-state index in [1.54, 1.807) is 52.9 Å². The summed E-state index contributed by atoms with van der Waals surface area (Å²) in [5.74, 6) is -0.481. The molecule has 0 spiro atoms. The Balaban J connectivity index is 1.56. The lowest BCUT2D eigenvalue weighted by Crippen LogP contribution is -2.55. The molecule has 1 aromatic heterocycles. The molecule has 5 rings (SSSR count). The summed E-state index contributed by atoms with van der Waals surface area (Å²) in [6, 6.07) is 19.1. The van der Waals surface area contributed by atoms with Crippen LogP contribution in [0.1, 0.15) is 82.8 Å². The van der Waals surface area contributed by atoms with Crippen LogP contribution in [-0.4, -0.2) is 66.4 Å². The fraction of sp³-hybridized carbons (Fsp3) is 0.378. The zero-order chi connectivity index (χ0) is 35.1. The molecule has 258 valence electrons. The number of aromatic nitrogens is 2. The first kappa shape index (κ1) is 35.6. The van der Waals surface area contributed by atoms with Crippen molar-refractivity contribution in [1.29, 1.82) is 0 Å². The van der Waals surface area contributed by atoms with Gasteiger partial charge >= 0.3 is 0 Å². The monoisotopic (exact) mass is 685 g/mol. The van der Waals surface area contributed by atoms with Crippen LogP contribution in [-0.2, 0) is 24.0 Å². The Bertz CT molecular complexity index is 1850. The summed E-state index contributed by atoms with van der Waals surface area (Å²) in [7, 11) is -1.76. The molecule has 49 heavy (non-hydrogen) atoms. The molecule has 3 N–H and O–H groups in total. The molecule has 2 atom stereocenters. The molecule has 4 aromatic rings. The van der Waals surface area contributed by atoms with Gasteiger partial charge in [-0.05, 0) is 74.1 Å². The van der Waals surface area contributed by atoms with Crippen molar-refractivity contribution >= 4 is 34.2 Å². The van der Waals surface area contributed by atoms with E-state index in [1.807, 2.05) is 41.3 Å². The maximum absolute atomic E-state index is 14.6. The van der Waals surface area contributed by atoms with Crippen molar-refractivity contribution < 1.29 is 24.1 Å². The number of rotatable bonds is 14. The second kappa shape index (κ2) is 16.1. The van der Waals surface area contributed by atoms with Crippen LogP contribution in [0.3, 0.4) is 0 Å². The number of benzene rings is 3. The second-order valence-electron chi connectivity index (χ2n) is 12.5. The number of anilines is 1. The number of nitroso groups, excluding NO2 is 1. The van der Waals surface area contributed by atoms with E-state index in [0.717, 1.165) is 42.4 Å². The van der Waals surface area contributed by atoms with E-state index in [4.69, 9.17) is 5.10 Å². The van der Waals surface area contributed by atoms with Gasteiger partial charge in [0.25, 0.3) is 17.5 Å². The first-order valence-electron chi connectivity index (χ1n) is 16.8. The average Bonchev–Trinajstić information content (AvgIpc) is 3.51. The zero-order valence-electron chi connectivity index (χ0n) is 28.6. The van der Waals surface area contributed by atoms with Crippen LogP contribution in [0.25, 0.3) is 5.69 Å². The second-order valence-corrected chi connectivity index (χ2v) is 13.7. The number of hydrogen-bond acceptors (Lipinski definition) is 6. The summed E-state index contributed by atoms with van der Waals surface area (Å²) in [6.07, 6.45) is 4.23. The average molecular weight is 686 g/mol. The maximum atomic E-state index is 14.6. The molecule has 0 bridgehead atoms. The summed E-state index contributed by atoms with van der Waals surface area (Å²) < 4.78 is 18.1. The van der Waals surface area contributed by atoms with Gasteiger partial charge < -0.3 is 19.6 Å². The van der Waals surface area contributed by atoms with Gasteiger partial charge in [-0.2, -0.15) is 5.10 Å². The van der Waals surface area contributed by atoms with Gasteiger partial charge in [-0.1, -0.05) is 57.0 Å². The number of amides is 2. The molecule has 2 amide bonds. The Hall–Kier alpha value is -4.68. The van der Waals surface area contributed by atoms with Gasteiger partial charge in [0.1, 0.15) is 0 Å². The molecule has 0 saturated heterocycles. The number of fused-ring (bicyclic) bond motifs is 1. The Morgan fingerprint density at radius 2 is 1.71 bits per heavy atom. The third-order valence-electron chi connectivity index (χ3n) is 8.96. The highest BCUT2D eigenvalue weighted by Gasteiger charge is 2.32. The first-order valence-corrected chi connectivity index (χ1v) is 18.0. The number of aryl methyl sites for hydroxylation is 2. The van der Waals surface area contributed by atoms with Crippen molar-refractivity contribution in [3.8, 4) is 5.69 Å². The number of aliphatic hydroxyl groups is 1. The van der Waals surface area contributed by atoms with Crippen molar-refractivity contribution in [2.45, 2.75) is 77.3 Å². The van der Waals surface area contributed by atoms with Gasteiger partial charge in [-0.3, -0.25) is 9.59 Å². The van der Waals surface area contributed by atoms with Gasteiger partial charge in [0, 0.05) is 53.2 Å². The molecule has 2 heterocycles.